The van der Waals surface area contributed by atoms with Crippen molar-refractivity contribution in [1.82, 2.24) is 10.2 Å². The van der Waals surface area contributed by atoms with E-state index in [9.17, 15) is 14.9 Å². The standard InChI is InChI=1S/C19H18N4O4S/c1-3-13-7-9-15(10-8-13)20-17(24)12(2)28-19-22-21-18(27-19)14-5-4-6-16(11-14)23(25)26/h4-12H,3H2,1-2H3,(H,20,24)/t12-/m1/s1. The second-order valence-corrected chi connectivity index (χ2v) is 7.27. The molecule has 0 aliphatic rings. The minimum Gasteiger partial charge on any atom is -0.411 e. The van der Waals surface area contributed by atoms with Crippen LogP contribution in [0.4, 0.5) is 11.4 Å². The summed E-state index contributed by atoms with van der Waals surface area (Å²) in [7, 11) is 0. The lowest BCUT2D eigenvalue weighted by molar-refractivity contribution is -0.384. The monoisotopic (exact) mass is 398 g/mol. The van der Waals surface area contributed by atoms with Crippen LogP contribution < -0.4 is 5.32 Å². The number of aryl methyl sites for hydroxylation is 1. The van der Waals surface area contributed by atoms with Crippen LogP contribution in [0.2, 0.25) is 0 Å². The molecule has 1 heterocycles. The van der Waals surface area contributed by atoms with Gasteiger partial charge in [-0.15, -0.1) is 10.2 Å². The first kappa shape index (κ1) is 19.6. The van der Waals surface area contributed by atoms with Crippen molar-refractivity contribution in [3.05, 3.63) is 64.2 Å². The topological polar surface area (TPSA) is 111 Å². The number of nitro benzene ring substituents is 1. The number of hydrogen-bond acceptors (Lipinski definition) is 7. The van der Waals surface area contributed by atoms with Crippen LogP contribution in [0.1, 0.15) is 19.4 Å². The summed E-state index contributed by atoms with van der Waals surface area (Å²) in [6.07, 6.45) is 0.935. The van der Waals surface area contributed by atoms with Crippen LogP contribution in [0.5, 0.6) is 0 Å². The summed E-state index contributed by atoms with van der Waals surface area (Å²) in [5.74, 6) is -0.0293. The number of rotatable bonds is 7. The Morgan fingerprint density at radius 2 is 2.00 bits per heavy atom. The molecule has 0 bridgehead atoms. The van der Waals surface area contributed by atoms with Crippen LogP contribution in [0.25, 0.3) is 11.5 Å². The molecule has 144 valence electrons. The van der Waals surface area contributed by atoms with Gasteiger partial charge in [-0.1, -0.05) is 36.9 Å². The molecule has 0 aliphatic heterocycles. The fourth-order valence-electron chi connectivity index (χ4n) is 2.40. The average Bonchev–Trinajstić information content (AvgIpc) is 3.17. The molecule has 1 atom stereocenters. The molecule has 8 nitrogen and oxygen atoms in total. The number of benzene rings is 2. The first-order chi connectivity index (χ1) is 13.5. The van der Waals surface area contributed by atoms with Gasteiger partial charge in [0.15, 0.2) is 0 Å². The largest absolute Gasteiger partial charge is 0.411 e. The van der Waals surface area contributed by atoms with E-state index in [1.165, 1.54) is 17.7 Å². The first-order valence-electron chi connectivity index (χ1n) is 8.61. The van der Waals surface area contributed by atoms with E-state index in [2.05, 4.69) is 22.4 Å². The van der Waals surface area contributed by atoms with Gasteiger partial charge in [-0.05, 0) is 37.1 Å². The third-order valence-electron chi connectivity index (χ3n) is 3.99. The maximum atomic E-state index is 12.4. The van der Waals surface area contributed by atoms with Gasteiger partial charge in [-0.2, -0.15) is 0 Å². The van der Waals surface area contributed by atoms with Crippen LogP contribution in [0.3, 0.4) is 0 Å². The summed E-state index contributed by atoms with van der Waals surface area (Å²) in [6.45, 7) is 3.80. The lowest BCUT2D eigenvalue weighted by Gasteiger charge is -2.10. The maximum absolute atomic E-state index is 12.4. The number of non-ortho nitro benzene ring substituents is 1. The predicted molar refractivity (Wildman–Crippen MR) is 106 cm³/mol. The van der Waals surface area contributed by atoms with Gasteiger partial charge in [0, 0.05) is 23.4 Å². The summed E-state index contributed by atoms with van der Waals surface area (Å²) >= 11 is 1.12. The highest BCUT2D eigenvalue weighted by molar-refractivity contribution is 8.00. The van der Waals surface area contributed by atoms with E-state index in [4.69, 9.17) is 4.42 Å². The van der Waals surface area contributed by atoms with Crippen LogP contribution in [0.15, 0.2) is 58.2 Å². The molecule has 9 heteroatoms. The Labute approximate surface area is 165 Å². The molecule has 0 fully saturated rings. The number of hydrogen-bond donors (Lipinski definition) is 1. The van der Waals surface area contributed by atoms with Gasteiger partial charge in [-0.25, -0.2) is 0 Å². The molecular formula is C19H18N4O4S. The molecule has 0 aliphatic carbocycles. The highest BCUT2D eigenvalue weighted by Gasteiger charge is 2.19. The van der Waals surface area contributed by atoms with Crippen LogP contribution in [0, 0.1) is 10.1 Å². The van der Waals surface area contributed by atoms with Gasteiger partial charge in [0.25, 0.3) is 10.9 Å². The van der Waals surface area contributed by atoms with Gasteiger partial charge in [0.2, 0.25) is 11.8 Å². The first-order valence-corrected chi connectivity index (χ1v) is 9.49. The molecule has 28 heavy (non-hydrogen) atoms. The quantitative estimate of drug-likeness (QED) is 0.358. The molecule has 0 unspecified atom stereocenters. The second-order valence-electron chi connectivity index (χ2n) is 5.98. The third kappa shape index (κ3) is 4.74. The van der Waals surface area contributed by atoms with Gasteiger partial charge in [0.1, 0.15) is 0 Å². The molecule has 2 aromatic carbocycles. The summed E-state index contributed by atoms with van der Waals surface area (Å²) < 4.78 is 5.54. The van der Waals surface area contributed by atoms with Gasteiger partial charge < -0.3 is 9.73 Å². The Morgan fingerprint density at radius 3 is 2.68 bits per heavy atom. The van der Waals surface area contributed by atoms with E-state index < -0.39 is 10.2 Å². The molecule has 1 aromatic heterocycles. The Morgan fingerprint density at radius 1 is 1.25 bits per heavy atom. The molecule has 0 saturated heterocycles. The second kappa shape index (κ2) is 8.66. The van der Waals surface area contributed by atoms with E-state index in [-0.39, 0.29) is 22.7 Å². The van der Waals surface area contributed by atoms with Crippen molar-refractivity contribution in [3.63, 3.8) is 0 Å². The fraction of sp³-hybridized carbons (Fsp3) is 0.211. The number of carbonyl (C=O) groups is 1. The molecule has 0 radical (unpaired) electrons. The number of anilines is 1. The highest BCUT2D eigenvalue weighted by atomic mass is 32.2. The normalized spacial score (nSPS) is 11.8. The lowest BCUT2D eigenvalue weighted by Crippen LogP contribution is -2.22. The van der Waals surface area contributed by atoms with E-state index >= 15 is 0 Å². The average molecular weight is 398 g/mol. The Kier molecular flexibility index (Phi) is 6.05. The minimum atomic E-state index is -0.491. The van der Waals surface area contributed by atoms with Crippen molar-refractivity contribution < 1.29 is 14.1 Å². The van der Waals surface area contributed by atoms with E-state index in [1.807, 2.05) is 24.3 Å². The Bertz CT molecular complexity index is 988. The number of nitrogens with one attached hydrogen (secondary N) is 1. The van der Waals surface area contributed by atoms with Crippen LogP contribution >= 0.6 is 11.8 Å². The SMILES string of the molecule is CCc1ccc(NC(=O)[C@@H](C)Sc2nnc(-c3cccc([N+](=O)[O-])c3)o2)cc1. The van der Waals surface area contributed by atoms with Gasteiger partial charge >= 0.3 is 0 Å². The van der Waals surface area contributed by atoms with Crippen LogP contribution in [-0.4, -0.2) is 26.3 Å². The molecule has 0 saturated carbocycles. The summed E-state index contributed by atoms with van der Waals surface area (Å²) in [5.41, 5.74) is 2.30. The molecule has 0 spiro atoms. The van der Waals surface area contributed by atoms with Crippen molar-refractivity contribution in [2.45, 2.75) is 30.7 Å². The van der Waals surface area contributed by atoms with Crippen molar-refractivity contribution >= 4 is 29.0 Å². The van der Waals surface area contributed by atoms with Crippen molar-refractivity contribution in [1.29, 1.82) is 0 Å². The summed E-state index contributed by atoms with van der Waals surface area (Å²) in [6, 6.07) is 13.6. The number of nitrogens with zero attached hydrogens (tertiary/aromatic N) is 3. The van der Waals surface area contributed by atoms with Crippen molar-refractivity contribution in [2.24, 2.45) is 0 Å². The zero-order chi connectivity index (χ0) is 20.1. The predicted octanol–water partition coefficient (Wildman–Crippen LogP) is 4.33. The van der Waals surface area contributed by atoms with Gasteiger partial charge in [0.05, 0.1) is 10.2 Å². The van der Waals surface area contributed by atoms with E-state index in [0.717, 1.165) is 23.9 Å². The summed E-state index contributed by atoms with van der Waals surface area (Å²) in [4.78, 5) is 22.8. The number of thioether (sulfide) groups is 1. The minimum absolute atomic E-state index is 0.0632. The number of carbonyl (C=O) groups excluding carboxylic acids is 1. The third-order valence-corrected chi connectivity index (χ3v) is 4.92. The smallest absolute Gasteiger partial charge is 0.277 e. The molecule has 1 amide bonds. The number of amides is 1. The van der Waals surface area contributed by atoms with Gasteiger partial charge in [-0.3, -0.25) is 14.9 Å². The zero-order valence-electron chi connectivity index (χ0n) is 15.3. The zero-order valence-corrected chi connectivity index (χ0v) is 16.1. The highest BCUT2D eigenvalue weighted by Crippen LogP contribution is 2.28. The molecular weight excluding hydrogens is 380 g/mol. The molecule has 1 N–H and O–H groups in total. The van der Waals surface area contributed by atoms with Crippen molar-refractivity contribution in [3.8, 4) is 11.5 Å². The maximum Gasteiger partial charge on any atom is 0.277 e. The number of nitro groups is 1. The fourth-order valence-corrected chi connectivity index (χ4v) is 3.08. The Balaban J connectivity index is 1.64. The number of aromatic nitrogens is 2. The summed E-state index contributed by atoms with van der Waals surface area (Å²) in [5, 5.41) is 21.3. The molecule has 3 aromatic rings. The van der Waals surface area contributed by atoms with E-state index in [1.54, 1.807) is 19.1 Å². The molecule has 3 rings (SSSR count). The van der Waals surface area contributed by atoms with E-state index in [0.29, 0.717) is 5.56 Å². The Hall–Kier alpha value is -3.20. The van der Waals surface area contributed by atoms with Crippen LogP contribution in [-0.2, 0) is 11.2 Å². The lowest BCUT2D eigenvalue weighted by atomic mass is 10.1. The van der Waals surface area contributed by atoms with Crippen molar-refractivity contribution in [2.75, 3.05) is 5.32 Å².